The van der Waals surface area contributed by atoms with Crippen molar-refractivity contribution in [2.75, 3.05) is 13.2 Å². The third kappa shape index (κ3) is 3.50. The van der Waals surface area contributed by atoms with E-state index in [1.54, 1.807) is 0 Å². The Kier molecular flexibility index (Phi) is 4.96. The number of benzene rings is 2. The molecular weight excluding hydrogens is 404 g/mol. The van der Waals surface area contributed by atoms with Crippen LogP contribution < -0.4 is 5.32 Å². The molecule has 1 aliphatic rings. The number of nitrogens with zero attached hydrogens (tertiary/aromatic N) is 1. The number of carbonyl (C=O) groups excluding carboxylic acids is 1. The Bertz CT molecular complexity index is 1200. The smallest absolute Gasteiger partial charge is 0.262 e. The SMILES string of the molecule is O=C(NC[C@@H]1CCCO1)c1sc2c(cnc3ccccc32)c1-c1ccc(Cl)cc1. The molecule has 1 aliphatic heterocycles. The number of carbonyl (C=O) groups is 1. The molecule has 4 aromatic rings. The number of fused-ring (bicyclic) bond motifs is 3. The number of halogens is 1. The van der Waals surface area contributed by atoms with Crippen LogP contribution in [-0.2, 0) is 4.74 Å². The molecule has 0 saturated carbocycles. The maximum atomic E-state index is 13.2. The first-order valence-corrected chi connectivity index (χ1v) is 10.9. The zero-order valence-corrected chi connectivity index (χ0v) is 17.2. The molecule has 4 nitrogen and oxygen atoms in total. The van der Waals surface area contributed by atoms with Crippen molar-refractivity contribution in [2.24, 2.45) is 0 Å². The predicted molar refractivity (Wildman–Crippen MR) is 119 cm³/mol. The van der Waals surface area contributed by atoms with E-state index in [9.17, 15) is 4.79 Å². The fourth-order valence-electron chi connectivity index (χ4n) is 3.83. The van der Waals surface area contributed by atoms with Gasteiger partial charge in [0.05, 0.1) is 11.6 Å². The first-order valence-electron chi connectivity index (χ1n) is 9.66. The highest BCUT2D eigenvalue weighted by molar-refractivity contribution is 7.22. The van der Waals surface area contributed by atoms with Gasteiger partial charge in [-0.1, -0.05) is 41.9 Å². The Morgan fingerprint density at radius 1 is 1.17 bits per heavy atom. The van der Waals surface area contributed by atoms with Gasteiger partial charge >= 0.3 is 0 Å². The van der Waals surface area contributed by atoms with Gasteiger partial charge < -0.3 is 10.1 Å². The molecule has 0 radical (unpaired) electrons. The summed E-state index contributed by atoms with van der Waals surface area (Å²) in [6.45, 7) is 1.31. The van der Waals surface area contributed by atoms with E-state index in [2.05, 4.69) is 16.4 Å². The molecule has 1 N–H and O–H groups in total. The summed E-state index contributed by atoms with van der Waals surface area (Å²) in [5, 5.41) is 5.78. The van der Waals surface area contributed by atoms with E-state index in [0.717, 1.165) is 51.6 Å². The van der Waals surface area contributed by atoms with Crippen molar-refractivity contribution in [1.82, 2.24) is 10.3 Å². The summed E-state index contributed by atoms with van der Waals surface area (Å²) in [6, 6.07) is 15.6. The number of ether oxygens (including phenoxy) is 1. The van der Waals surface area contributed by atoms with Crippen LogP contribution in [0.25, 0.3) is 32.1 Å². The number of hydrogen-bond donors (Lipinski definition) is 1. The zero-order valence-electron chi connectivity index (χ0n) is 15.7. The predicted octanol–water partition coefficient (Wildman–Crippen LogP) is 5.68. The minimum atomic E-state index is -0.0734. The molecule has 6 heteroatoms. The van der Waals surface area contributed by atoms with Gasteiger partial charge in [-0.2, -0.15) is 0 Å². The summed E-state index contributed by atoms with van der Waals surface area (Å²) in [6.07, 6.45) is 4.02. The molecular formula is C23H19ClN2O2S. The Hall–Kier alpha value is -2.47. The van der Waals surface area contributed by atoms with Crippen molar-refractivity contribution >= 4 is 49.8 Å². The third-order valence-electron chi connectivity index (χ3n) is 5.28. The van der Waals surface area contributed by atoms with Gasteiger partial charge in [0.2, 0.25) is 0 Å². The maximum absolute atomic E-state index is 13.2. The van der Waals surface area contributed by atoms with Crippen molar-refractivity contribution < 1.29 is 9.53 Å². The fourth-order valence-corrected chi connectivity index (χ4v) is 5.21. The summed E-state index contributed by atoms with van der Waals surface area (Å²) in [5.74, 6) is -0.0734. The average molecular weight is 423 g/mol. The lowest BCUT2D eigenvalue weighted by Gasteiger charge is -2.11. The number of hydrogen-bond acceptors (Lipinski definition) is 4. The van der Waals surface area contributed by atoms with Gasteiger partial charge in [-0.15, -0.1) is 11.3 Å². The van der Waals surface area contributed by atoms with Crippen LogP contribution in [0, 0.1) is 0 Å². The van der Waals surface area contributed by atoms with Gasteiger partial charge in [-0.05, 0) is 36.6 Å². The standard InChI is InChI=1S/C23H19ClN2O2S/c24-15-9-7-14(8-10-15)20-18-13-25-19-6-2-1-5-17(19)21(18)29-22(20)23(27)26-12-16-4-3-11-28-16/h1-2,5-10,13,16H,3-4,11-12H2,(H,26,27)/t16-/m0/s1. The lowest BCUT2D eigenvalue weighted by atomic mass is 10.0. The van der Waals surface area contributed by atoms with Gasteiger partial charge in [-0.25, -0.2) is 0 Å². The van der Waals surface area contributed by atoms with Gasteiger partial charge in [0.25, 0.3) is 5.91 Å². The molecule has 1 atom stereocenters. The lowest BCUT2D eigenvalue weighted by molar-refractivity contribution is 0.0861. The number of amides is 1. The molecule has 2 aromatic heterocycles. The number of pyridine rings is 1. The van der Waals surface area contributed by atoms with E-state index in [1.165, 1.54) is 11.3 Å². The molecule has 0 spiro atoms. The van der Waals surface area contributed by atoms with Crippen molar-refractivity contribution in [1.29, 1.82) is 0 Å². The molecule has 0 bridgehead atoms. The first-order chi connectivity index (χ1) is 14.2. The fraction of sp³-hybridized carbons (Fsp3) is 0.217. The number of para-hydroxylation sites is 1. The van der Waals surface area contributed by atoms with E-state index in [-0.39, 0.29) is 12.0 Å². The average Bonchev–Trinajstić information content (AvgIpc) is 3.40. The monoisotopic (exact) mass is 422 g/mol. The number of thiophene rings is 1. The molecule has 0 unspecified atom stereocenters. The third-order valence-corrected chi connectivity index (χ3v) is 6.77. The minimum Gasteiger partial charge on any atom is -0.376 e. The maximum Gasteiger partial charge on any atom is 0.262 e. The van der Waals surface area contributed by atoms with Crippen LogP contribution in [0.4, 0.5) is 0 Å². The van der Waals surface area contributed by atoms with Crippen LogP contribution in [0.15, 0.2) is 54.7 Å². The highest BCUT2D eigenvalue weighted by Gasteiger charge is 2.23. The zero-order chi connectivity index (χ0) is 19.8. The molecule has 3 heterocycles. The first kappa shape index (κ1) is 18.6. The quantitative estimate of drug-likeness (QED) is 0.460. The van der Waals surface area contributed by atoms with Crippen LogP contribution in [0.5, 0.6) is 0 Å². The molecule has 1 fully saturated rings. The second-order valence-corrected chi connectivity index (χ2v) is 8.63. The molecule has 1 amide bonds. The lowest BCUT2D eigenvalue weighted by Crippen LogP contribution is -2.31. The Labute approximate surface area is 177 Å². The Morgan fingerprint density at radius 3 is 2.79 bits per heavy atom. The topological polar surface area (TPSA) is 51.2 Å². The van der Waals surface area contributed by atoms with E-state index < -0.39 is 0 Å². The van der Waals surface area contributed by atoms with Crippen LogP contribution in [-0.4, -0.2) is 30.1 Å². The number of nitrogens with one attached hydrogen (secondary N) is 1. The molecule has 0 aliphatic carbocycles. The molecule has 146 valence electrons. The summed E-state index contributed by atoms with van der Waals surface area (Å²) < 4.78 is 6.72. The van der Waals surface area contributed by atoms with Crippen LogP contribution >= 0.6 is 22.9 Å². The highest BCUT2D eigenvalue weighted by atomic mass is 35.5. The summed E-state index contributed by atoms with van der Waals surface area (Å²) >= 11 is 7.61. The number of aromatic nitrogens is 1. The van der Waals surface area contributed by atoms with Gasteiger partial charge in [0.15, 0.2) is 0 Å². The molecule has 29 heavy (non-hydrogen) atoms. The largest absolute Gasteiger partial charge is 0.376 e. The van der Waals surface area contributed by atoms with E-state index in [0.29, 0.717) is 16.4 Å². The Morgan fingerprint density at radius 2 is 2.00 bits per heavy atom. The second-order valence-electron chi connectivity index (χ2n) is 7.18. The van der Waals surface area contributed by atoms with E-state index in [4.69, 9.17) is 16.3 Å². The summed E-state index contributed by atoms with van der Waals surface area (Å²) in [4.78, 5) is 18.5. The van der Waals surface area contributed by atoms with Crippen LogP contribution in [0.2, 0.25) is 5.02 Å². The van der Waals surface area contributed by atoms with Crippen LogP contribution in [0.3, 0.4) is 0 Å². The van der Waals surface area contributed by atoms with Gasteiger partial charge in [0, 0.05) is 45.4 Å². The van der Waals surface area contributed by atoms with Crippen molar-refractivity contribution in [2.45, 2.75) is 18.9 Å². The Balaban J connectivity index is 1.64. The van der Waals surface area contributed by atoms with E-state index in [1.807, 2.05) is 48.7 Å². The van der Waals surface area contributed by atoms with Crippen LogP contribution in [0.1, 0.15) is 22.5 Å². The minimum absolute atomic E-state index is 0.0734. The van der Waals surface area contributed by atoms with Gasteiger partial charge in [-0.3, -0.25) is 9.78 Å². The van der Waals surface area contributed by atoms with Crippen molar-refractivity contribution in [3.8, 4) is 11.1 Å². The summed E-state index contributed by atoms with van der Waals surface area (Å²) in [7, 11) is 0. The van der Waals surface area contributed by atoms with Crippen molar-refractivity contribution in [3.63, 3.8) is 0 Å². The second kappa shape index (κ2) is 7.75. The van der Waals surface area contributed by atoms with Gasteiger partial charge in [0.1, 0.15) is 4.88 Å². The number of rotatable bonds is 4. The van der Waals surface area contributed by atoms with Crippen molar-refractivity contribution in [3.05, 3.63) is 64.6 Å². The molecule has 1 saturated heterocycles. The highest BCUT2D eigenvalue weighted by Crippen LogP contribution is 2.41. The summed E-state index contributed by atoms with van der Waals surface area (Å²) in [5.41, 5.74) is 2.79. The molecule has 5 rings (SSSR count). The molecule has 2 aromatic carbocycles. The normalized spacial score (nSPS) is 16.5. The van der Waals surface area contributed by atoms with E-state index >= 15 is 0 Å².